The van der Waals surface area contributed by atoms with Gasteiger partial charge < -0.3 is 26.2 Å². The highest BCUT2D eigenvalue weighted by molar-refractivity contribution is 6.05. The minimum atomic E-state index is -0.747. The fourth-order valence-electron chi connectivity index (χ4n) is 1.81. The van der Waals surface area contributed by atoms with E-state index in [9.17, 15) is 14.7 Å². The van der Waals surface area contributed by atoms with Crippen LogP contribution in [0.4, 0.5) is 0 Å². The Hall–Kier alpha value is -1.86. The van der Waals surface area contributed by atoms with Gasteiger partial charge in [0.25, 0.3) is 11.8 Å². The lowest BCUT2D eigenvalue weighted by molar-refractivity contribution is 0.0668. The van der Waals surface area contributed by atoms with Crippen molar-refractivity contribution in [1.29, 1.82) is 0 Å². The molecule has 0 aliphatic carbocycles. The lowest BCUT2D eigenvalue weighted by Gasteiger charge is -2.17. The summed E-state index contributed by atoms with van der Waals surface area (Å²) in [6, 6.07) is 1.42. The molecule has 0 radical (unpaired) electrons. The fourth-order valence-corrected chi connectivity index (χ4v) is 1.81. The Labute approximate surface area is 110 Å². The molecule has 0 bridgehead atoms. The molecule has 0 aliphatic rings. The maximum Gasteiger partial charge on any atom is 0.266 e. The molecule has 0 spiro atoms. The molecule has 0 fully saturated rings. The topological polar surface area (TPSA) is 132 Å². The molecule has 7 heteroatoms. The second-order valence-corrected chi connectivity index (χ2v) is 4.52. The first-order valence-electron chi connectivity index (χ1n) is 5.96. The van der Waals surface area contributed by atoms with Crippen LogP contribution < -0.4 is 11.5 Å². The van der Waals surface area contributed by atoms with Crippen LogP contribution in [0.5, 0.6) is 0 Å². The van der Waals surface area contributed by atoms with Crippen molar-refractivity contribution in [2.75, 3.05) is 6.61 Å². The Morgan fingerprint density at radius 2 is 2.00 bits per heavy atom. The number of amides is 2. The molecule has 2 amide bonds. The number of aromatic nitrogens is 1. The molecule has 2 unspecified atom stereocenters. The van der Waals surface area contributed by atoms with Gasteiger partial charge in [0.1, 0.15) is 5.69 Å². The van der Waals surface area contributed by atoms with Crippen molar-refractivity contribution < 1.29 is 19.8 Å². The number of hydrogen-bond donors (Lipinski definition) is 4. The van der Waals surface area contributed by atoms with Crippen molar-refractivity contribution in [3.8, 4) is 0 Å². The number of aliphatic hydroxyl groups is 2. The molecule has 7 nitrogen and oxygen atoms in total. The van der Waals surface area contributed by atoms with Gasteiger partial charge in [0.15, 0.2) is 0 Å². The number of carbonyl (C=O) groups excluding carboxylic acids is 2. The van der Waals surface area contributed by atoms with E-state index in [4.69, 9.17) is 16.6 Å². The van der Waals surface area contributed by atoms with Crippen molar-refractivity contribution in [2.24, 2.45) is 17.4 Å². The number of nitrogens with two attached hydrogens (primary N) is 2. The molecule has 0 saturated heterocycles. The van der Waals surface area contributed by atoms with Crippen molar-refractivity contribution >= 4 is 11.8 Å². The molecule has 0 aliphatic heterocycles. The number of aryl methyl sites for hydroxylation is 1. The molecule has 19 heavy (non-hydrogen) atoms. The average molecular weight is 269 g/mol. The summed E-state index contributed by atoms with van der Waals surface area (Å²) >= 11 is 0. The Kier molecular flexibility index (Phi) is 5.08. The van der Waals surface area contributed by atoms with Crippen LogP contribution in [0.25, 0.3) is 0 Å². The SMILES string of the molecule is CC(CO)C(O)CCn1ccc(C(N)=O)c1C(N)=O. The monoisotopic (exact) mass is 269 g/mol. The third-order valence-electron chi connectivity index (χ3n) is 3.07. The zero-order valence-electron chi connectivity index (χ0n) is 10.7. The Balaban J connectivity index is 2.85. The Morgan fingerprint density at radius 1 is 1.37 bits per heavy atom. The van der Waals surface area contributed by atoms with Crippen LogP contribution in [0.15, 0.2) is 12.3 Å². The largest absolute Gasteiger partial charge is 0.396 e. The zero-order valence-corrected chi connectivity index (χ0v) is 10.7. The first-order chi connectivity index (χ1) is 8.88. The quantitative estimate of drug-likeness (QED) is 0.509. The van der Waals surface area contributed by atoms with Crippen molar-refractivity contribution in [2.45, 2.75) is 26.0 Å². The highest BCUT2D eigenvalue weighted by Crippen LogP contribution is 2.13. The molecule has 2 atom stereocenters. The van der Waals surface area contributed by atoms with Crippen LogP contribution in [0.2, 0.25) is 0 Å². The van der Waals surface area contributed by atoms with E-state index in [1.807, 2.05) is 0 Å². The van der Waals surface area contributed by atoms with E-state index in [0.29, 0.717) is 13.0 Å². The third kappa shape index (κ3) is 3.55. The molecular weight excluding hydrogens is 250 g/mol. The Bertz CT molecular complexity index is 470. The smallest absolute Gasteiger partial charge is 0.266 e. The second kappa shape index (κ2) is 6.35. The minimum absolute atomic E-state index is 0.0383. The summed E-state index contributed by atoms with van der Waals surface area (Å²) in [6.45, 7) is 1.89. The lowest BCUT2D eigenvalue weighted by atomic mass is 10.0. The zero-order chi connectivity index (χ0) is 14.6. The predicted molar refractivity (Wildman–Crippen MR) is 68.3 cm³/mol. The summed E-state index contributed by atoms with van der Waals surface area (Å²) in [5.74, 6) is -1.73. The summed E-state index contributed by atoms with van der Waals surface area (Å²) in [7, 11) is 0. The van der Waals surface area contributed by atoms with Gasteiger partial charge in [-0.1, -0.05) is 6.92 Å². The number of rotatable bonds is 7. The van der Waals surface area contributed by atoms with Crippen molar-refractivity contribution in [3.63, 3.8) is 0 Å². The highest BCUT2D eigenvalue weighted by atomic mass is 16.3. The summed E-state index contributed by atoms with van der Waals surface area (Å²) in [5, 5.41) is 18.7. The van der Waals surface area contributed by atoms with Gasteiger partial charge in [-0.25, -0.2) is 0 Å². The van der Waals surface area contributed by atoms with Crippen LogP contribution in [0.1, 0.15) is 34.2 Å². The predicted octanol–water partition coefficient (Wildman–Crippen LogP) is -0.935. The van der Waals surface area contributed by atoms with E-state index in [-0.39, 0.29) is 23.8 Å². The number of primary amides is 2. The van der Waals surface area contributed by atoms with E-state index in [2.05, 4.69) is 0 Å². The number of nitrogens with zero attached hydrogens (tertiary/aromatic N) is 1. The molecule has 1 heterocycles. The van der Waals surface area contributed by atoms with Gasteiger partial charge in [0, 0.05) is 25.3 Å². The Morgan fingerprint density at radius 3 is 2.47 bits per heavy atom. The molecule has 106 valence electrons. The maximum absolute atomic E-state index is 11.3. The van der Waals surface area contributed by atoms with Crippen LogP contribution in [-0.2, 0) is 6.54 Å². The van der Waals surface area contributed by atoms with Gasteiger partial charge >= 0.3 is 0 Å². The van der Waals surface area contributed by atoms with Crippen LogP contribution >= 0.6 is 0 Å². The van der Waals surface area contributed by atoms with Gasteiger partial charge in [-0.15, -0.1) is 0 Å². The van der Waals surface area contributed by atoms with Gasteiger partial charge in [0.05, 0.1) is 11.7 Å². The van der Waals surface area contributed by atoms with Gasteiger partial charge in [-0.3, -0.25) is 9.59 Å². The van der Waals surface area contributed by atoms with Gasteiger partial charge in [-0.2, -0.15) is 0 Å². The summed E-state index contributed by atoms with van der Waals surface area (Å²) in [6.07, 6.45) is 1.15. The van der Waals surface area contributed by atoms with E-state index < -0.39 is 17.9 Å². The minimum Gasteiger partial charge on any atom is -0.396 e. The van der Waals surface area contributed by atoms with E-state index in [1.165, 1.54) is 16.8 Å². The number of aliphatic hydroxyl groups excluding tert-OH is 2. The van der Waals surface area contributed by atoms with Gasteiger partial charge in [0.2, 0.25) is 0 Å². The second-order valence-electron chi connectivity index (χ2n) is 4.52. The van der Waals surface area contributed by atoms with Crippen LogP contribution in [0, 0.1) is 5.92 Å². The molecular formula is C12H19N3O4. The van der Waals surface area contributed by atoms with Crippen LogP contribution in [-0.4, -0.2) is 39.3 Å². The normalized spacial score (nSPS) is 14.1. The fraction of sp³-hybridized carbons (Fsp3) is 0.500. The van der Waals surface area contributed by atoms with Crippen molar-refractivity contribution in [1.82, 2.24) is 4.57 Å². The van der Waals surface area contributed by atoms with Crippen LogP contribution in [0.3, 0.4) is 0 Å². The molecule has 0 aromatic carbocycles. The molecule has 1 aromatic heterocycles. The molecule has 1 rings (SSSR count). The number of hydrogen-bond acceptors (Lipinski definition) is 4. The summed E-state index contributed by atoms with van der Waals surface area (Å²) in [5.41, 5.74) is 10.5. The highest BCUT2D eigenvalue weighted by Gasteiger charge is 2.19. The van der Waals surface area contributed by atoms with Crippen molar-refractivity contribution in [3.05, 3.63) is 23.5 Å². The maximum atomic E-state index is 11.3. The first kappa shape index (κ1) is 15.2. The standard InChI is InChI=1S/C12H19N3O4/c1-7(6-16)9(17)3-5-15-4-2-8(11(13)18)10(15)12(14)19/h2,4,7,9,16-17H,3,5-6H2,1H3,(H2,13,18)(H2,14,19). The van der Waals surface area contributed by atoms with E-state index in [1.54, 1.807) is 6.92 Å². The van der Waals surface area contributed by atoms with E-state index in [0.717, 1.165) is 0 Å². The summed E-state index contributed by atoms with van der Waals surface area (Å²) < 4.78 is 1.48. The average Bonchev–Trinajstić information content (AvgIpc) is 2.78. The lowest BCUT2D eigenvalue weighted by Crippen LogP contribution is -2.25. The third-order valence-corrected chi connectivity index (χ3v) is 3.07. The number of carbonyl (C=O) groups is 2. The molecule has 0 saturated carbocycles. The van der Waals surface area contributed by atoms with Gasteiger partial charge in [-0.05, 0) is 12.5 Å². The molecule has 1 aromatic rings. The summed E-state index contributed by atoms with van der Waals surface area (Å²) in [4.78, 5) is 22.5. The first-order valence-corrected chi connectivity index (χ1v) is 5.96. The molecule has 6 N–H and O–H groups in total. The van der Waals surface area contributed by atoms with E-state index >= 15 is 0 Å².